The maximum absolute atomic E-state index is 11.9. The third-order valence-electron chi connectivity index (χ3n) is 3.50. The lowest BCUT2D eigenvalue weighted by Gasteiger charge is -2.37. The van der Waals surface area contributed by atoms with Crippen molar-refractivity contribution in [1.29, 1.82) is 0 Å². The van der Waals surface area contributed by atoms with Crippen LogP contribution in [0.2, 0.25) is 0 Å². The van der Waals surface area contributed by atoms with Crippen molar-refractivity contribution >= 4 is 17.5 Å². The Morgan fingerprint density at radius 3 is 2.68 bits per heavy atom. The molecule has 0 atom stereocenters. The van der Waals surface area contributed by atoms with Crippen molar-refractivity contribution in [2.24, 2.45) is 5.73 Å². The molecule has 0 aromatic heterocycles. The highest BCUT2D eigenvalue weighted by Crippen LogP contribution is 2.32. The second kappa shape index (κ2) is 5.40. The summed E-state index contributed by atoms with van der Waals surface area (Å²) in [5, 5.41) is 5.33. The highest BCUT2D eigenvalue weighted by molar-refractivity contribution is 5.97. The second-order valence-electron chi connectivity index (χ2n) is 5.10. The minimum Gasteiger partial charge on any atom is -0.355 e. The fraction of sp³-hybridized carbons (Fsp3) is 0.429. The standard InChI is InChI=1S/C14H19N3O2/c1-16-13(19)10-4-2-5-11(8-10)17-12(18)9-14(15)6-3-7-14/h2,4-5,8H,3,6-7,9,15H2,1H3,(H,16,19)(H,17,18). The molecule has 1 aromatic carbocycles. The van der Waals surface area contributed by atoms with Gasteiger partial charge in [-0.3, -0.25) is 9.59 Å². The molecule has 0 unspecified atom stereocenters. The van der Waals surface area contributed by atoms with E-state index in [0.717, 1.165) is 19.3 Å². The van der Waals surface area contributed by atoms with Gasteiger partial charge in [-0.25, -0.2) is 0 Å². The molecule has 5 nitrogen and oxygen atoms in total. The van der Waals surface area contributed by atoms with Gasteiger partial charge in [0.2, 0.25) is 5.91 Å². The van der Waals surface area contributed by atoms with E-state index in [1.807, 2.05) is 0 Å². The molecular formula is C14H19N3O2. The summed E-state index contributed by atoms with van der Waals surface area (Å²) in [6, 6.07) is 6.85. The predicted molar refractivity (Wildman–Crippen MR) is 73.8 cm³/mol. The summed E-state index contributed by atoms with van der Waals surface area (Å²) in [6.07, 6.45) is 3.23. The van der Waals surface area contributed by atoms with E-state index in [1.54, 1.807) is 31.3 Å². The second-order valence-corrected chi connectivity index (χ2v) is 5.10. The average molecular weight is 261 g/mol. The Kier molecular flexibility index (Phi) is 3.85. The van der Waals surface area contributed by atoms with Crippen molar-refractivity contribution in [1.82, 2.24) is 5.32 Å². The van der Waals surface area contributed by atoms with Crippen molar-refractivity contribution in [2.45, 2.75) is 31.2 Å². The molecule has 1 fully saturated rings. The zero-order valence-electron chi connectivity index (χ0n) is 11.0. The van der Waals surface area contributed by atoms with E-state index in [9.17, 15) is 9.59 Å². The normalized spacial score (nSPS) is 16.3. The molecule has 5 heteroatoms. The number of carbonyl (C=O) groups is 2. The molecule has 1 saturated carbocycles. The van der Waals surface area contributed by atoms with Crippen molar-refractivity contribution in [3.05, 3.63) is 29.8 Å². The third-order valence-corrected chi connectivity index (χ3v) is 3.50. The Bertz CT molecular complexity index is 495. The van der Waals surface area contributed by atoms with E-state index in [0.29, 0.717) is 17.7 Å². The van der Waals surface area contributed by atoms with Gasteiger partial charge in [-0.05, 0) is 37.5 Å². The lowest BCUT2D eigenvalue weighted by atomic mass is 9.75. The number of hydrogen-bond acceptors (Lipinski definition) is 3. The van der Waals surface area contributed by atoms with Crippen LogP contribution in [0.1, 0.15) is 36.0 Å². The smallest absolute Gasteiger partial charge is 0.251 e. The van der Waals surface area contributed by atoms with Crippen LogP contribution in [0.3, 0.4) is 0 Å². The van der Waals surface area contributed by atoms with Crippen LogP contribution < -0.4 is 16.4 Å². The van der Waals surface area contributed by atoms with Crippen LogP contribution in [0.15, 0.2) is 24.3 Å². The summed E-state index contributed by atoms with van der Waals surface area (Å²) in [4.78, 5) is 23.4. The first-order chi connectivity index (χ1) is 9.02. The molecule has 1 aromatic rings. The van der Waals surface area contributed by atoms with Gasteiger partial charge in [0, 0.05) is 30.3 Å². The Hall–Kier alpha value is -1.88. The molecule has 0 radical (unpaired) electrons. The molecule has 102 valence electrons. The van der Waals surface area contributed by atoms with Crippen molar-refractivity contribution < 1.29 is 9.59 Å². The van der Waals surface area contributed by atoms with Crippen LogP contribution in [-0.4, -0.2) is 24.4 Å². The van der Waals surface area contributed by atoms with E-state index < -0.39 is 0 Å². The Morgan fingerprint density at radius 2 is 2.11 bits per heavy atom. The zero-order chi connectivity index (χ0) is 13.9. The fourth-order valence-corrected chi connectivity index (χ4v) is 2.22. The van der Waals surface area contributed by atoms with Gasteiger partial charge < -0.3 is 16.4 Å². The van der Waals surface area contributed by atoms with Crippen LogP contribution in [0.25, 0.3) is 0 Å². The van der Waals surface area contributed by atoms with Gasteiger partial charge >= 0.3 is 0 Å². The highest BCUT2D eigenvalue weighted by atomic mass is 16.2. The number of rotatable bonds is 4. The SMILES string of the molecule is CNC(=O)c1cccc(NC(=O)CC2(N)CCC2)c1. The number of nitrogens with one attached hydrogen (secondary N) is 2. The minimum absolute atomic E-state index is 0.101. The Morgan fingerprint density at radius 1 is 1.37 bits per heavy atom. The van der Waals surface area contributed by atoms with Gasteiger partial charge in [0.05, 0.1) is 0 Å². The first kappa shape index (κ1) is 13.5. The number of hydrogen-bond donors (Lipinski definition) is 3. The first-order valence-electron chi connectivity index (χ1n) is 6.43. The van der Waals surface area contributed by atoms with E-state index in [1.165, 1.54) is 0 Å². The summed E-state index contributed by atoms with van der Waals surface area (Å²) in [5.41, 5.74) is 6.84. The van der Waals surface area contributed by atoms with Crippen molar-refractivity contribution in [2.75, 3.05) is 12.4 Å². The maximum atomic E-state index is 11.9. The zero-order valence-corrected chi connectivity index (χ0v) is 11.0. The molecule has 0 heterocycles. The number of nitrogens with two attached hydrogens (primary N) is 1. The molecule has 0 aliphatic heterocycles. The molecule has 2 amide bonds. The van der Waals surface area contributed by atoms with Crippen molar-refractivity contribution in [3.8, 4) is 0 Å². The van der Waals surface area contributed by atoms with E-state index in [4.69, 9.17) is 5.73 Å². The molecule has 0 spiro atoms. The van der Waals surface area contributed by atoms with E-state index in [-0.39, 0.29) is 17.4 Å². The molecule has 19 heavy (non-hydrogen) atoms. The Labute approximate surface area is 112 Å². The van der Waals surface area contributed by atoms with Crippen LogP contribution in [0.4, 0.5) is 5.69 Å². The van der Waals surface area contributed by atoms with Crippen LogP contribution >= 0.6 is 0 Å². The maximum Gasteiger partial charge on any atom is 0.251 e. The largest absolute Gasteiger partial charge is 0.355 e. The molecule has 1 aliphatic carbocycles. The summed E-state index contributed by atoms with van der Waals surface area (Å²) in [6.45, 7) is 0. The van der Waals surface area contributed by atoms with Crippen LogP contribution in [-0.2, 0) is 4.79 Å². The quantitative estimate of drug-likeness (QED) is 0.762. The number of benzene rings is 1. The van der Waals surface area contributed by atoms with Gasteiger partial charge in [-0.1, -0.05) is 6.07 Å². The van der Waals surface area contributed by atoms with Crippen LogP contribution in [0.5, 0.6) is 0 Å². The summed E-state index contributed by atoms with van der Waals surface area (Å²) in [7, 11) is 1.57. The van der Waals surface area contributed by atoms with Gasteiger partial charge in [-0.2, -0.15) is 0 Å². The van der Waals surface area contributed by atoms with Gasteiger partial charge in [-0.15, -0.1) is 0 Å². The summed E-state index contributed by atoms with van der Waals surface area (Å²) >= 11 is 0. The van der Waals surface area contributed by atoms with Gasteiger partial charge in [0.15, 0.2) is 0 Å². The molecule has 0 bridgehead atoms. The van der Waals surface area contributed by atoms with Crippen molar-refractivity contribution in [3.63, 3.8) is 0 Å². The lowest BCUT2D eigenvalue weighted by molar-refractivity contribution is -0.118. The minimum atomic E-state index is -0.331. The summed E-state index contributed by atoms with van der Waals surface area (Å²) < 4.78 is 0. The van der Waals surface area contributed by atoms with Gasteiger partial charge in [0.25, 0.3) is 5.91 Å². The topological polar surface area (TPSA) is 84.2 Å². The Balaban J connectivity index is 1.98. The molecule has 2 rings (SSSR count). The number of anilines is 1. The predicted octanol–water partition coefficient (Wildman–Crippen LogP) is 1.26. The highest BCUT2D eigenvalue weighted by Gasteiger charge is 2.34. The monoisotopic (exact) mass is 261 g/mol. The fourth-order valence-electron chi connectivity index (χ4n) is 2.22. The average Bonchev–Trinajstić information content (AvgIpc) is 2.36. The number of carbonyl (C=O) groups excluding carboxylic acids is 2. The lowest BCUT2D eigenvalue weighted by Crippen LogP contribution is -2.48. The van der Waals surface area contributed by atoms with E-state index >= 15 is 0 Å². The molecule has 0 saturated heterocycles. The van der Waals surface area contributed by atoms with Gasteiger partial charge in [0.1, 0.15) is 0 Å². The molecule has 1 aliphatic rings. The third kappa shape index (κ3) is 3.32. The summed E-state index contributed by atoms with van der Waals surface area (Å²) in [5.74, 6) is -0.276. The van der Waals surface area contributed by atoms with Crippen LogP contribution in [0, 0.1) is 0 Å². The molecule has 4 N–H and O–H groups in total. The van der Waals surface area contributed by atoms with E-state index in [2.05, 4.69) is 10.6 Å². The molecular weight excluding hydrogens is 242 g/mol. The first-order valence-corrected chi connectivity index (χ1v) is 6.43. The number of amides is 2.